The van der Waals surface area contributed by atoms with Gasteiger partial charge < -0.3 is 4.74 Å². The van der Waals surface area contributed by atoms with Crippen LogP contribution in [-0.4, -0.2) is 18.7 Å². The van der Waals surface area contributed by atoms with Crippen molar-refractivity contribution < 1.29 is 14.3 Å². The molecule has 3 rings (SSSR count). The van der Waals surface area contributed by atoms with Gasteiger partial charge in [-0.2, -0.15) is 0 Å². The van der Waals surface area contributed by atoms with Crippen LogP contribution in [0.3, 0.4) is 0 Å². The first-order valence-corrected chi connectivity index (χ1v) is 8.50. The summed E-state index contributed by atoms with van der Waals surface area (Å²) >= 11 is 0. The molecular formula is C21H22O3. The van der Waals surface area contributed by atoms with Gasteiger partial charge in [0.1, 0.15) is 5.75 Å². The molecule has 0 unspecified atom stereocenters. The van der Waals surface area contributed by atoms with Crippen molar-refractivity contribution in [1.29, 1.82) is 0 Å². The first-order valence-electron chi connectivity index (χ1n) is 8.50. The Morgan fingerprint density at radius 2 is 1.62 bits per heavy atom. The lowest BCUT2D eigenvalue weighted by Gasteiger charge is -2.16. The van der Waals surface area contributed by atoms with Gasteiger partial charge in [0.15, 0.2) is 11.6 Å². The second-order valence-electron chi connectivity index (χ2n) is 6.24. The number of carbonyl (C=O) groups excluding carboxylic acids is 2. The van der Waals surface area contributed by atoms with Crippen molar-refractivity contribution in [3.05, 3.63) is 64.7 Å². The predicted molar refractivity (Wildman–Crippen MR) is 94.0 cm³/mol. The minimum Gasteiger partial charge on any atom is -0.496 e. The standard InChI is InChI=1S/C21H22O3/c1-24-21-9-5-4-8-18(21)20(23)13-12-19(22)17-11-10-15-6-2-3-7-16(15)14-17/h4-5,8-11,14H,2-3,6-7,12-13H2,1H3. The van der Waals surface area contributed by atoms with E-state index < -0.39 is 0 Å². The van der Waals surface area contributed by atoms with E-state index in [-0.39, 0.29) is 24.4 Å². The Morgan fingerprint density at radius 3 is 2.42 bits per heavy atom. The van der Waals surface area contributed by atoms with E-state index in [1.165, 1.54) is 24.0 Å². The average molecular weight is 322 g/mol. The monoisotopic (exact) mass is 322 g/mol. The molecule has 1 aliphatic carbocycles. The SMILES string of the molecule is COc1ccccc1C(=O)CCC(=O)c1ccc2c(c1)CCCC2. The van der Waals surface area contributed by atoms with Gasteiger partial charge in [0.2, 0.25) is 0 Å². The van der Waals surface area contributed by atoms with Crippen LogP contribution in [0.1, 0.15) is 57.5 Å². The Balaban J connectivity index is 1.66. The lowest BCUT2D eigenvalue weighted by atomic mass is 9.89. The quantitative estimate of drug-likeness (QED) is 0.739. The minimum atomic E-state index is -0.0567. The van der Waals surface area contributed by atoms with E-state index in [4.69, 9.17) is 4.74 Å². The normalized spacial score (nSPS) is 13.2. The van der Waals surface area contributed by atoms with Crippen molar-refractivity contribution in [3.63, 3.8) is 0 Å². The van der Waals surface area contributed by atoms with E-state index in [0.29, 0.717) is 11.3 Å². The van der Waals surface area contributed by atoms with Crippen LogP contribution in [0.4, 0.5) is 0 Å². The Hall–Kier alpha value is -2.42. The molecule has 0 aliphatic heterocycles. The molecule has 0 bridgehead atoms. The van der Waals surface area contributed by atoms with Crippen LogP contribution >= 0.6 is 0 Å². The second kappa shape index (κ2) is 7.43. The van der Waals surface area contributed by atoms with Crippen molar-refractivity contribution >= 4 is 11.6 Å². The van der Waals surface area contributed by atoms with Gasteiger partial charge >= 0.3 is 0 Å². The summed E-state index contributed by atoms with van der Waals surface area (Å²) in [5.41, 5.74) is 3.92. The Kier molecular flexibility index (Phi) is 5.09. The maximum atomic E-state index is 12.4. The summed E-state index contributed by atoms with van der Waals surface area (Å²) in [5, 5.41) is 0. The molecule has 0 saturated heterocycles. The maximum absolute atomic E-state index is 12.4. The largest absolute Gasteiger partial charge is 0.496 e. The number of aryl methyl sites for hydroxylation is 2. The zero-order valence-corrected chi connectivity index (χ0v) is 14.0. The van der Waals surface area contributed by atoms with E-state index in [0.717, 1.165) is 18.4 Å². The number of hydrogen-bond acceptors (Lipinski definition) is 3. The van der Waals surface area contributed by atoms with Crippen molar-refractivity contribution in [3.8, 4) is 5.75 Å². The third-order valence-corrected chi connectivity index (χ3v) is 4.66. The zero-order valence-electron chi connectivity index (χ0n) is 14.0. The third kappa shape index (κ3) is 3.56. The summed E-state index contributed by atoms with van der Waals surface area (Å²) in [7, 11) is 1.55. The van der Waals surface area contributed by atoms with Gasteiger partial charge in [-0.15, -0.1) is 0 Å². The summed E-state index contributed by atoms with van der Waals surface area (Å²) in [4.78, 5) is 24.8. The number of benzene rings is 2. The van der Waals surface area contributed by atoms with Crippen LogP contribution < -0.4 is 4.74 Å². The maximum Gasteiger partial charge on any atom is 0.167 e. The summed E-state index contributed by atoms with van der Waals surface area (Å²) in [6.45, 7) is 0. The highest BCUT2D eigenvalue weighted by Gasteiger charge is 2.16. The Labute approximate surface area is 142 Å². The summed E-state index contributed by atoms with van der Waals surface area (Å²) < 4.78 is 5.21. The van der Waals surface area contributed by atoms with E-state index in [1.54, 1.807) is 25.3 Å². The molecule has 1 aliphatic rings. The first kappa shape index (κ1) is 16.4. The number of methoxy groups -OCH3 is 1. The van der Waals surface area contributed by atoms with Crippen LogP contribution in [-0.2, 0) is 12.8 Å². The molecule has 0 aromatic heterocycles. The number of carbonyl (C=O) groups is 2. The van der Waals surface area contributed by atoms with Crippen molar-refractivity contribution in [2.45, 2.75) is 38.5 Å². The molecule has 2 aromatic carbocycles. The first-order chi connectivity index (χ1) is 11.7. The number of rotatable bonds is 6. The van der Waals surface area contributed by atoms with E-state index >= 15 is 0 Å². The fourth-order valence-electron chi connectivity index (χ4n) is 3.29. The summed E-state index contributed by atoms with van der Waals surface area (Å²) in [6.07, 6.45) is 5.02. The minimum absolute atomic E-state index is 0.0339. The molecule has 0 spiro atoms. The summed E-state index contributed by atoms with van der Waals surface area (Å²) in [5.74, 6) is 0.536. The molecule has 3 nitrogen and oxygen atoms in total. The molecule has 0 saturated carbocycles. The molecule has 0 fully saturated rings. The number of para-hydroxylation sites is 1. The highest BCUT2D eigenvalue weighted by molar-refractivity contribution is 6.03. The van der Waals surface area contributed by atoms with Crippen LogP contribution in [0.15, 0.2) is 42.5 Å². The van der Waals surface area contributed by atoms with Crippen LogP contribution in [0.25, 0.3) is 0 Å². The Morgan fingerprint density at radius 1 is 0.917 bits per heavy atom. The topological polar surface area (TPSA) is 43.4 Å². The number of fused-ring (bicyclic) bond motifs is 1. The number of hydrogen-bond donors (Lipinski definition) is 0. The van der Waals surface area contributed by atoms with Gasteiger partial charge in [-0.1, -0.05) is 24.3 Å². The van der Waals surface area contributed by atoms with Gasteiger partial charge in [0, 0.05) is 18.4 Å². The molecule has 2 aromatic rings. The zero-order chi connectivity index (χ0) is 16.9. The molecule has 3 heteroatoms. The molecule has 0 atom stereocenters. The lowest BCUT2D eigenvalue weighted by molar-refractivity contribution is 0.0915. The van der Waals surface area contributed by atoms with Crippen molar-refractivity contribution in [2.24, 2.45) is 0 Å². The van der Waals surface area contributed by atoms with E-state index in [9.17, 15) is 9.59 Å². The lowest BCUT2D eigenvalue weighted by Crippen LogP contribution is -2.09. The molecule has 0 radical (unpaired) electrons. The molecule has 24 heavy (non-hydrogen) atoms. The second-order valence-corrected chi connectivity index (χ2v) is 6.24. The van der Waals surface area contributed by atoms with Gasteiger partial charge in [0.05, 0.1) is 12.7 Å². The van der Waals surface area contributed by atoms with Crippen LogP contribution in [0.2, 0.25) is 0 Å². The summed E-state index contributed by atoms with van der Waals surface area (Å²) in [6, 6.07) is 13.1. The number of ketones is 2. The van der Waals surface area contributed by atoms with Crippen molar-refractivity contribution in [1.82, 2.24) is 0 Å². The van der Waals surface area contributed by atoms with Crippen LogP contribution in [0.5, 0.6) is 5.75 Å². The number of Topliss-reactive ketones (excluding diaryl/α,β-unsaturated/α-hetero) is 2. The fraction of sp³-hybridized carbons (Fsp3) is 0.333. The van der Waals surface area contributed by atoms with Crippen LogP contribution in [0, 0.1) is 0 Å². The number of ether oxygens (including phenoxy) is 1. The smallest absolute Gasteiger partial charge is 0.167 e. The molecule has 0 heterocycles. The van der Waals surface area contributed by atoms with Gasteiger partial charge in [-0.3, -0.25) is 9.59 Å². The highest BCUT2D eigenvalue weighted by Crippen LogP contribution is 2.24. The average Bonchev–Trinajstić information content (AvgIpc) is 2.65. The molecule has 124 valence electrons. The van der Waals surface area contributed by atoms with Gasteiger partial charge in [-0.25, -0.2) is 0 Å². The molecular weight excluding hydrogens is 300 g/mol. The Bertz CT molecular complexity index is 761. The highest BCUT2D eigenvalue weighted by atomic mass is 16.5. The molecule has 0 amide bonds. The van der Waals surface area contributed by atoms with E-state index in [1.807, 2.05) is 18.2 Å². The predicted octanol–water partition coefficient (Wildman–Crippen LogP) is 4.42. The van der Waals surface area contributed by atoms with E-state index in [2.05, 4.69) is 6.07 Å². The van der Waals surface area contributed by atoms with Gasteiger partial charge in [-0.05, 0) is 55.0 Å². The van der Waals surface area contributed by atoms with Gasteiger partial charge in [0.25, 0.3) is 0 Å². The van der Waals surface area contributed by atoms with Crippen molar-refractivity contribution in [2.75, 3.05) is 7.11 Å². The third-order valence-electron chi connectivity index (χ3n) is 4.66. The molecule has 0 N–H and O–H groups in total. The fourth-order valence-corrected chi connectivity index (χ4v) is 3.29.